The van der Waals surface area contributed by atoms with Crippen molar-refractivity contribution in [3.05, 3.63) is 77.1 Å². The van der Waals surface area contributed by atoms with Crippen LogP contribution in [-0.4, -0.2) is 20.5 Å². The van der Waals surface area contributed by atoms with Crippen LogP contribution in [0.1, 0.15) is 47.8 Å². The van der Waals surface area contributed by atoms with Gasteiger partial charge in [-0.05, 0) is 62.3 Å². The highest BCUT2D eigenvalue weighted by Gasteiger charge is 2.33. The first-order chi connectivity index (χ1) is 14.6. The van der Waals surface area contributed by atoms with Crippen molar-refractivity contribution in [1.82, 2.24) is 19.9 Å². The molecule has 1 saturated carbocycles. The van der Waals surface area contributed by atoms with Gasteiger partial charge in [-0.1, -0.05) is 42.5 Å². The third-order valence-electron chi connectivity index (χ3n) is 6.19. The fourth-order valence-electron chi connectivity index (χ4n) is 4.39. The second kappa shape index (κ2) is 7.56. The molecule has 5 nitrogen and oxygen atoms in total. The van der Waals surface area contributed by atoms with Crippen LogP contribution in [0, 0.1) is 19.8 Å². The van der Waals surface area contributed by atoms with E-state index in [1.54, 1.807) is 0 Å². The van der Waals surface area contributed by atoms with Crippen molar-refractivity contribution in [2.45, 2.75) is 45.6 Å². The molecule has 30 heavy (non-hydrogen) atoms. The molecule has 0 aliphatic heterocycles. The molecule has 1 aliphatic carbocycles. The Bertz CT molecular complexity index is 1220. The molecule has 0 spiro atoms. The molecular weight excluding hydrogens is 372 g/mol. The number of amides is 1. The molecule has 1 unspecified atom stereocenters. The summed E-state index contributed by atoms with van der Waals surface area (Å²) in [4.78, 5) is 17.6. The smallest absolute Gasteiger partial charge is 0.220 e. The minimum atomic E-state index is 0.0975. The summed E-state index contributed by atoms with van der Waals surface area (Å²) in [5.74, 6) is 0.662. The number of carbonyl (C=O) groups is 1. The van der Waals surface area contributed by atoms with Gasteiger partial charge in [0.1, 0.15) is 0 Å². The van der Waals surface area contributed by atoms with Crippen LogP contribution in [0.2, 0.25) is 0 Å². The van der Waals surface area contributed by atoms with E-state index in [-0.39, 0.29) is 11.9 Å². The quantitative estimate of drug-likeness (QED) is 0.512. The number of aryl methyl sites for hydroxylation is 2. The Balaban J connectivity index is 1.35. The first-order valence-corrected chi connectivity index (χ1v) is 10.7. The fourth-order valence-corrected chi connectivity index (χ4v) is 4.39. The van der Waals surface area contributed by atoms with Gasteiger partial charge in [-0.3, -0.25) is 4.79 Å². The van der Waals surface area contributed by atoms with Crippen molar-refractivity contribution in [3.8, 4) is 0 Å². The Morgan fingerprint density at radius 2 is 1.83 bits per heavy atom. The molecule has 1 atom stereocenters. The van der Waals surface area contributed by atoms with Crippen LogP contribution in [0.3, 0.4) is 0 Å². The van der Waals surface area contributed by atoms with E-state index in [9.17, 15) is 4.79 Å². The Morgan fingerprint density at radius 3 is 2.60 bits per heavy atom. The molecule has 152 valence electrons. The first-order valence-electron chi connectivity index (χ1n) is 10.7. The van der Waals surface area contributed by atoms with Gasteiger partial charge < -0.3 is 5.32 Å². The van der Waals surface area contributed by atoms with E-state index in [1.807, 2.05) is 47.8 Å². The summed E-state index contributed by atoms with van der Waals surface area (Å²) >= 11 is 0. The number of fused-ring (bicyclic) bond motifs is 3. The Kier molecular flexibility index (Phi) is 4.74. The van der Waals surface area contributed by atoms with Crippen molar-refractivity contribution in [2.75, 3.05) is 0 Å². The zero-order valence-corrected chi connectivity index (χ0v) is 17.4. The van der Waals surface area contributed by atoms with Crippen molar-refractivity contribution in [3.63, 3.8) is 0 Å². The summed E-state index contributed by atoms with van der Waals surface area (Å²) < 4.78 is 1.92. The van der Waals surface area contributed by atoms with Crippen molar-refractivity contribution < 1.29 is 4.79 Å². The Labute approximate surface area is 176 Å². The molecule has 0 bridgehead atoms. The van der Waals surface area contributed by atoms with Crippen molar-refractivity contribution in [2.24, 2.45) is 5.92 Å². The highest BCUT2D eigenvalue weighted by Crippen LogP contribution is 2.41. The highest BCUT2D eigenvalue weighted by atomic mass is 16.1. The number of carbonyl (C=O) groups excluding carboxylic acids is 1. The van der Waals surface area contributed by atoms with Crippen molar-refractivity contribution in [1.29, 1.82) is 0 Å². The average Bonchev–Trinajstić information content (AvgIpc) is 3.54. The van der Waals surface area contributed by atoms with Gasteiger partial charge in [0.15, 0.2) is 5.65 Å². The SMILES string of the molecule is Cc1nc2c3ccccc3nn2c(C)c1CCC(=O)NC(c1ccccc1)C1CC1. The number of nitrogens with one attached hydrogen (secondary N) is 1. The number of nitrogens with zero attached hydrogens (tertiary/aromatic N) is 3. The molecule has 5 heteroatoms. The van der Waals surface area contributed by atoms with Gasteiger partial charge in [-0.25, -0.2) is 9.50 Å². The summed E-state index contributed by atoms with van der Waals surface area (Å²) in [6.45, 7) is 4.09. The van der Waals surface area contributed by atoms with Gasteiger partial charge >= 0.3 is 0 Å². The van der Waals surface area contributed by atoms with E-state index < -0.39 is 0 Å². The van der Waals surface area contributed by atoms with Gasteiger partial charge in [-0.15, -0.1) is 0 Å². The van der Waals surface area contributed by atoms with Gasteiger partial charge in [0.05, 0.1) is 11.6 Å². The topological polar surface area (TPSA) is 59.3 Å². The lowest BCUT2D eigenvalue weighted by Gasteiger charge is -2.19. The predicted molar refractivity (Wildman–Crippen MR) is 118 cm³/mol. The first kappa shape index (κ1) is 18.8. The minimum Gasteiger partial charge on any atom is -0.349 e. The predicted octanol–water partition coefficient (Wildman–Crippen LogP) is 4.70. The lowest BCUT2D eigenvalue weighted by molar-refractivity contribution is -0.122. The highest BCUT2D eigenvalue weighted by molar-refractivity contribution is 5.92. The van der Waals surface area contributed by atoms with Crippen LogP contribution in [0.5, 0.6) is 0 Å². The maximum absolute atomic E-state index is 12.8. The molecule has 2 heterocycles. The van der Waals surface area contributed by atoms with E-state index in [0.29, 0.717) is 18.8 Å². The molecule has 1 amide bonds. The Morgan fingerprint density at radius 1 is 1.10 bits per heavy atom. The third kappa shape index (κ3) is 3.45. The van der Waals surface area contributed by atoms with E-state index in [4.69, 9.17) is 10.1 Å². The van der Waals surface area contributed by atoms with Crippen LogP contribution in [0.25, 0.3) is 16.6 Å². The molecule has 4 aromatic rings. The molecule has 0 saturated heterocycles. The largest absolute Gasteiger partial charge is 0.349 e. The molecule has 2 aromatic heterocycles. The van der Waals surface area contributed by atoms with Gasteiger partial charge in [-0.2, -0.15) is 5.10 Å². The van der Waals surface area contributed by atoms with Gasteiger partial charge in [0.25, 0.3) is 0 Å². The lowest BCUT2D eigenvalue weighted by atomic mass is 10.0. The minimum absolute atomic E-state index is 0.0975. The molecule has 2 aromatic carbocycles. The summed E-state index contributed by atoms with van der Waals surface area (Å²) in [7, 11) is 0. The van der Waals surface area contributed by atoms with E-state index in [0.717, 1.165) is 33.5 Å². The van der Waals surface area contributed by atoms with Gasteiger partial charge in [0, 0.05) is 23.2 Å². The van der Waals surface area contributed by atoms with E-state index in [2.05, 4.69) is 30.4 Å². The number of rotatable bonds is 6. The molecule has 1 aliphatic rings. The Hall–Kier alpha value is -3.21. The number of hydrogen-bond acceptors (Lipinski definition) is 3. The van der Waals surface area contributed by atoms with Crippen LogP contribution >= 0.6 is 0 Å². The van der Waals surface area contributed by atoms with Crippen LogP contribution in [0.4, 0.5) is 0 Å². The van der Waals surface area contributed by atoms with E-state index in [1.165, 1.54) is 18.4 Å². The number of hydrogen-bond donors (Lipinski definition) is 1. The zero-order chi connectivity index (χ0) is 20.7. The van der Waals surface area contributed by atoms with E-state index >= 15 is 0 Å². The summed E-state index contributed by atoms with van der Waals surface area (Å²) in [6, 6.07) is 18.5. The van der Waals surface area contributed by atoms with Crippen LogP contribution in [-0.2, 0) is 11.2 Å². The second-order valence-electron chi connectivity index (χ2n) is 8.31. The second-order valence-corrected chi connectivity index (χ2v) is 8.31. The maximum atomic E-state index is 12.8. The number of aromatic nitrogens is 3. The van der Waals surface area contributed by atoms with Crippen molar-refractivity contribution >= 4 is 22.5 Å². The summed E-state index contributed by atoms with van der Waals surface area (Å²) in [5, 5.41) is 9.06. The monoisotopic (exact) mass is 398 g/mol. The average molecular weight is 399 g/mol. The molecule has 0 radical (unpaired) electrons. The van der Waals surface area contributed by atoms with Crippen LogP contribution in [0.15, 0.2) is 54.6 Å². The normalized spacial score (nSPS) is 14.9. The third-order valence-corrected chi connectivity index (χ3v) is 6.19. The maximum Gasteiger partial charge on any atom is 0.220 e. The molecule has 1 fully saturated rings. The zero-order valence-electron chi connectivity index (χ0n) is 17.4. The number of benzene rings is 2. The molecular formula is C25H26N4O. The fraction of sp³-hybridized carbons (Fsp3) is 0.320. The molecule has 1 N–H and O–H groups in total. The summed E-state index contributed by atoms with van der Waals surface area (Å²) in [6.07, 6.45) is 3.48. The lowest BCUT2D eigenvalue weighted by Crippen LogP contribution is -2.30. The standard InChI is InChI=1S/C25H26N4O/c1-16-20(17(2)29-25(26-16)21-10-6-7-11-22(21)28-29)14-15-23(30)27-24(19-12-13-19)18-8-4-3-5-9-18/h3-11,19,24H,12-15H2,1-2H3,(H,27,30). The summed E-state index contributed by atoms with van der Waals surface area (Å²) in [5.41, 5.74) is 6.16. The van der Waals surface area contributed by atoms with Gasteiger partial charge in [0.2, 0.25) is 5.91 Å². The molecule has 5 rings (SSSR count). The van der Waals surface area contributed by atoms with Crippen LogP contribution < -0.4 is 5.32 Å².